The van der Waals surface area contributed by atoms with E-state index in [1.807, 2.05) is 0 Å². The minimum atomic E-state index is -3.73. The molecule has 7 nitrogen and oxygen atoms in total. The minimum Gasteiger partial charge on any atom is -0.497 e. The topological polar surface area (TPSA) is 93.1 Å². The number of hydrogen-bond acceptors (Lipinski definition) is 5. The summed E-state index contributed by atoms with van der Waals surface area (Å²) in [6.07, 6.45) is -0.423. The first kappa shape index (κ1) is 18.2. The van der Waals surface area contributed by atoms with Crippen molar-refractivity contribution in [2.24, 2.45) is 0 Å². The highest BCUT2D eigenvalue weighted by molar-refractivity contribution is 7.89. The number of sulfonamides is 1. The quantitative estimate of drug-likeness (QED) is 0.879. The summed E-state index contributed by atoms with van der Waals surface area (Å²) in [4.78, 5) is 11.3. The molecular weight excluding hydrogens is 358 g/mol. The zero-order valence-electron chi connectivity index (χ0n) is 14.4. The van der Waals surface area contributed by atoms with Gasteiger partial charge in [-0.15, -0.1) is 0 Å². The van der Waals surface area contributed by atoms with Crippen LogP contribution in [0.2, 0.25) is 0 Å². The van der Waals surface area contributed by atoms with Gasteiger partial charge in [-0.3, -0.25) is 0 Å². The van der Waals surface area contributed by atoms with E-state index in [1.54, 1.807) is 25.1 Å². The molecule has 0 fully saturated rings. The van der Waals surface area contributed by atoms with Crippen LogP contribution in [0.25, 0.3) is 0 Å². The summed E-state index contributed by atoms with van der Waals surface area (Å²) in [6.45, 7) is 2.01. The lowest BCUT2D eigenvalue weighted by molar-refractivity contribution is 0.0696. The first-order chi connectivity index (χ1) is 12.3. The Morgan fingerprint density at radius 3 is 2.54 bits per heavy atom. The van der Waals surface area contributed by atoms with Gasteiger partial charge in [-0.05, 0) is 43.3 Å². The third-order valence-corrected chi connectivity index (χ3v) is 5.97. The van der Waals surface area contributed by atoms with Crippen LogP contribution in [0.4, 0.5) is 0 Å². The molecule has 0 radical (unpaired) electrons. The van der Waals surface area contributed by atoms with Gasteiger partial charge in [0.25, 0.3) is 0 Å². The number of carbonyl (C=O) groups is 1. The molecule has 0 amide bonds. The van der Waals surface area contributed by atoms with Gasteiger partial charge in [0.1, 0.15) is 17.6 Å². The van der Waals surface area contributed by atoms with E-state index < -0.39 is 22.1 Å². The molecule has 138 valence electrons. The lowest BCUT2D eigenvalue weighted by Gasteiger charge is -2.21. The number of aromatic carboxylic acids is 1. The van der Waals surface area contributed by atoms with E-state index in [9.17, 15) is 13.2 Å². The van der Waals surface area contributed by atoms with Crippen LogP contribution in [0, 0.1) is 0 Å². The van der Waals surface area contributed by atoms with Gasteiger partial charge in [-0.25, -0.2) is 13.2 Å². The molecule has 0 saturated carbocycles. The standard InChI is InChI=1S/C18H19NO6S/c1-12-10-19(26(22,23)16-7-5-15(24-2)6-8-16)11-14-4-3-13(18(20)21)9-17(14)25-12/h3-9,12H,10-11H2,1-2H3,(H,20,21)/t12-/m1/s1. The molecule has 2 aromatic rings. The zero-order chi connectivity index (χ0) is 18.9. The summed E-state index contributed by atoms with van der Waals surface area (Å²) in [6, 6.07) is 10.7. The van der Waals surface area contributed by atoms with Gasteiger partial charge >= 0.3 is 5.97 Å². The van der Waals surface area contributed by atoms with Crippen LogP contribution in [0.1, 0.15) is 22.8 Å². The largest absolute Gasteiger partial charge is 0.497 e. The van der Waals surface area contributed by atoms with Gasteiger partial charge in [0, 0.05) is 12.1 Å². The van der Waals surface area contributed by atoms with E-state index in [-0.39, 0.29) is 23.5 Å². The second-order valence-corrected chi connectivity index (χ2v) is 7.97. The number of carboxylic acid groups (broad SMARTS) is 1. The van der Waals surface area contributed by atoms with Gasteiger partial charge in [0.2, 0.25) is 10.0 Å². The highest BCUT2D eigenvalue weighted by Crippen LogP contribution is 2.30. The third kappa shape index (κ3) is 3.51. The molecule has 8 heteroatoms. The Bertz CT molecular complexity index is 923. The van der Waals surface area contributed by atoms with Crippen molar-refractivity contribution in [1.82, 2.24) is 4.31 Å². The molecule has 1 heterocycles. The maximum Gasteiger partial charge on any atom is 0.335 e. The van der Waals surface area contributed by atoms with Crippen LogP contribution in [0.15, 0.2) is 47.4 Å². The smallest absolute Gasteiger partial charge is 0.335 e. The summed E-state index contributed by atoms with van der Waals surface area (Å²) in [5.41, 5.74) is 0.721. The van der Waals surface area contributed by atoms with Crippen molar-refractivity contribution in [3.05, 3.63) is 53.6 Å². The number of benzene rings is 2. The third-order valence-electron chi connectivity index (χ3n) is 4.15. The van der Waals surface area contributed by atoms with Gasteiger partial charge < -0.3 is 14.6 Å². The van der Waals surface area contributed by atoms with Crippen molar-refractivity contribution in [2.45, 2.75) is 24.5 Å². The number of ether oxygens (including phenoxy) is 2. The number of methoxy groups -OCH3 is 1. The highest BCUT2D eigenvalue weighted by Gasteiger charge is 2.30. The molecule has 26 heavy (non-hydrogen) atoms. The van der Waals surface area contributed by atoms with E-state index in [0.29, 0.717) is 17.1 Å². The first-order valence-electron chi connectivity index (χ1n) is 7.98. The zero-order valence-corrected chi connectivity index (χ0v) is 15.2. The van der Waals surface area contributed by atoms with Gasteiger partial charge in [0.05, 0.1) is 24.1 Å². The molecular formula is C18H19NO6S. The second kappa shape index (κ2) is 6.97. The molecule has 2 aromatic carbocycles. The Morgan fingerprint density at radius 2 is 1.92 bits per heavy atom. The number of rotatable bonds is 4. The monoisotopic (exact) mass is 377 g/mol. The molecule has 1 N–H and O–H groups in total. The van der Waals surface area contributed by atoms with Crippen molar-refractivity contribution in [3.63, 3.8) is 0 Å². The van der Waals surface area contributed by atoms with E-state index in [1.165, 1.54) is 35.7 Å². The Morgan fingerprint density at radius 1 is 1.23 bits per heavy atom. The first-order valence-corrected chi connectivity index (χ1v) is 9.42. The Hall–Kier alpha value is -2.58. The normalized spacial score (nSPS) is 17.7. The van der Waals surface area contributed by atoms with Crippen LogP contribution >= 0.6 is 0 Å². The Kier molecular flexibility index (Phi) is 4.88. The summed E-state index contributed by atoms with van der Waals surface area (Å²) in [5, 5.41) is 9.12. The highest BCUT2D eigenvalue weighted by atomic mass is 32.2. The van der Waals surface area contributed by atoms with Gasteiger partial charge in [-0.1, -0.05) is 6.07 Å². The van der Waals surface area contributed by atoms with Crippen LogP contribution in [0.5, 0.6) is 11.5 Å². The average molecular weight is 377 g/mol. The molecule has 1 aliphatic heterocycles. The predicted octanol–water partition coefficient (Wildman–Crippen LogP) is 2.37. The number of hydrogen-bond donors (Lipinski definition) is 1. The predicted molar refractivity (Wildman–Crippen MR) is 94.1 cm³/mol. The average Bonchev–Trinajstić information content (AvgIpc) is 2.79. The Labute approximate surface area is 151 Å². The minimum absolute atomic E-state index is 0.0995. The second-order valence-electron chi connectivity index (χ2n) is 6.03. The molecule has 3 rings (SSSR count). The van der Waals surface area contributed by atoms with E-state index >= 15 is 0 Å². The SMILES string of the molecule is COc1ccc(S(=O)(=O)N2Cc3ccc(C(=O)O)cc3O[C@H](C)C2)cc1. The van der Waals surface area contributed by atoms with Crippen molar-refractivity contribution in [2.75, 3.05) is 13.7 Å². The fourth-order valence-corrected chi connectivity index (χ4v) is 4.30. The van der Waals surface area contributed by atoms with Crippen molar-refractivity contribution >= 4 is 16.0 Å². The molecule has 0 saturated heterocycles. The van der Waals surface area contributed by atoms with Crippen LogP contribution in [-0.2, 0) is 16.6 Å². The van der Waals surface area contributed by atoms with E-state index in [0.717, 1.165) is 0 Å². The van der Waals surface area contributed by atoms with Crippen molar-refractivity contribution in [3.8, 4) is 11.5 Å². The molecule has 1 atom stereocenters. The summed E-state index contributed by atoms with van der Waals surface area (Å²) >= 11 is 0. The van der Waals surface area contributed by atoms with E-state index in [2.05, 4.69) is 0 Å². The summed E-state index contributed by atoms with van der Waals surface area (Å²) < 4.78 is 38.2. The fourth-order valence-electron chi connectivity index (χ4n) is 2.80. The number of carboxylic acids is 1. The fraction of sp³-hybridized carbons (Fsp3) is 0.278. The lowest BCUT2D eigenvalue weighted by atomic mass is 10.1. The Balaban J connectivity index is 1.96. The summed E-state index contributed by atoms with van der Waals surface area (Å²) in [7, 11) is -2.22. The molecule has 0 bridgehead atoms. The number of fused-ring (bicyclic) bond motifs is 1. The van der Waals surface area contributed by atoms with Gasteiger partial charge in [0.15, 0.2) is 0 Å². The number of nitrogens with zero attached hydrogens (tertiary/aromatic N) is 1. The van der Waals surface area contributed by atoms with Crippen LogP contribution in [-0.4, -0.2) is 43.6 Å². The molecule has 0 aliphatic carbocycles. The maximum absolute atomic E-state index is 13.0. The van der Waals surface area contributed by atoms with Crippen LogP contribution in [0.3, 0.4) is 0 Å². The van der Waals surface area contributed by atoms with Crippen molar-refractivity contribution in [1.29, 1.82) is 0 Å². The lowest BCUT2D eigenvalue weighted by Crippen LogP contribution is -2.36. The van der Waals surface area contributed by atoms with Crippen molar-refractivity contribution < 1.29 is 27.8 Å². The molecule has 0 spiro atoms. The molecule has 0 unspecified atom stereocenters. The van der Waals surface area contributed by atoms with Gasteiger partial charge in [-0.2, -0.15) is 4.31 Å². The molecule has 0 aromatic heterocycles. The molecule has 1 aliphatic rings. The van der Waals surface area contributed by atoms with E-state index in [4.69, 9.17) is 14.6 Å². The van der Waals surface area contributed by atoms with Crippen LogP contribution < -0.4 is 9.47 Å². The summed E-state index contributed by atoms with van der Waals surface area (Å²) in [5.74, 6) is -0.0936. The maximum atomic E-state index is 13.0.